The number of benzene rings is 1. The van der Waals surface area contributed by atoms with Gasteiger partial charge in [0.2, 0.25) is 5.95 Å². The van der Waals surface area contributed by atoms with E-state index in [1.165, 1.54) is 0 Å². The summed E-state index contributed by atoms with van der Waals surface area (Å²) in [6.45, 7) is 7.92. The highest BCUT2D eigenvalue weighted by Crippen LogP contribution is 2.36. The first kappa shape index (κ1) is 25.1. The SMILES string of the molecule is Cc1nc2c(F)cc(C3=CCc4nc(Nc5ccc(N6CCNCC6)nc5)ncc43)cc2n1C1CCN(C)CC1. The number of hydrogen-bond acceptors (Lipinski definition) is 8. The van der Waals surface area contributed by atoms with Gasteiger partial charge >= 0.3 is 0 Å². The van der Waals surface area contributed by atoms with Crippen LogP contribution in [0.4, 0.5) is 21.8 Å². The fourth-order valence-corrected chi connectivity index (χ4v) is 6.25. The lowest BCUT2D eigenvalue weighted by Crippen LogP contribution is -2.43. The van der Waals surface area contributed by atoms with Crippen molar-refractivity contribution in [3.63, 3.8) is 0 Å². The van der Waals surface area contributed by atoms with Gasteiger partial charge in [0.1, 0.15) is 17.2 Å². The Morgan fingerprint density at radius 1 is 1.00 bits per heavy atom. The molecule has 5 heterocycles. The molecule has 0 unspecified atom stereocenters. The number of rotatable bonds is 5. The van der Waals surface area contributed by atoms with Crippen molar-refractivity contribution in [1.82, 2.24) is 34.7 Å². The number of anilines is 3. The fourth-order valence-electron chi connectivity index (χ4n) is 6.25. The molecule has 10 heteroatoms. The highest BCUT2D eigenvalue weighted by atomic mass is 19.1. The largest absolute Gasteiger partial charge is 0.354 e. The van der Waals surface area contributed by atoms with Gasteiger partial charge < -0.3 is 25.0 Å². The van der Waals surface area contributed by atoms with Crippen molar-refractivity contribution in [3.05, 3.63) is 71.2 Å². The lowest BCUT2D eigenvalue weighted by Gasteiger charge is -2.31. The number of likely N-dealkylation sites (tertiary alicyclic amines) is 1. The Balaban J connectivity index is 1.13. The number of halogens is 1. The van der Waals surface area contributed by atoms with Gasteiger partial charge in [-0.1, -0.05) is 6.08 Å². The number of nitrogens with one attached hydrogen (secondary N) is 2. The van der Waals surface area contributed by atoms with Crippen molar-refractivity contribution < 1.29 is 4.39 Å². The van der Waals surface area contributed by atoms with Gasteiger partial charge in [-0.15, -0.1) is 0 Å². The summed E-state index contributed by atoms with van der Waals surface area (Å²) >= 11 is 0. The molecule has 2 fully saturated rings. The molecule has 40 heavy (non-hydrogen) atoms. The van der Waals surface area contributed by atoms with Crippen LogP contribution in [0.3, 0.4) is 0 Å². The van der Waals surface area contributed by atoms with E-state index in [4.69, 9.17) is 4.98 Å². The Hall–Kier alpha value is -3.89. The number of aryl methyl sites for hydroxylation is 1. The van der Waals surface area contributed by atoms with E-state index in [2.05, 4.69) is 59.1 Å². The minimum absolute atomic E-state index is 0.285. The summed E-state index contributed by atoms with van der Waals surface area (Å²) < 4.78 is 17.6. The van der Waals surface area contributed by atoms with Crippen molar-refractivity contribution in [1.29, 1.82) is 0 Å². The Morgan fingerprint density at radius 3 is 2.60 bits per heavy atom. The number of imidazole rings is 1. The molecule has 0 saturated carbocycles. The molecule has 206 valence electrons. The third kappa shape index (κ3) is 4.61. The van der Waals surface area contributed by atoms with E-state index >= 15 is 4.39 Å². The number of fused-ring (bicyclic) bond motifs is 2. The maximum atomic E-state index is 15.4. The summed E-state index contributed by atoms with van der Waals surface area (Å²) in [5, 5.41) is 6.65. The molecule has 1 aromatic carbocycles. The molecule has 1 aliphatic carbocycles. The second-order valence-corrected chi connectivity index (χ2v) is 11.0. The predicted molar refractivity (Wildman–Crippen MR) is 156 cm³/mol. The summed E-state index contributed by atoms with van der Waals surface area (Å²) in [7, 11) is 2.15. The van der Waals surface area contributed by atoms with Gasteiger partial charge in [0.15, 0.2) is 5.82 Å². The highest BCUT2D eigenvalue weighted by Gasteiger charge is 2.25. The van der Waals surface area contributed by atoms with Crippen molar-refractivity contribution in [2.24, 2.45) is 0 Å². The minimum atomic E-state index is -0.285. The summed E-state index contributed by atoms with van der Waals surface area (Å²) in [4.78, 5) is 23.2. The van der Waals surface area contributed by atoms with Crippen LogP contribution in [0.5, 0.6) is 0 Å². The quantitative estimate of drug-likeness (QED) is 0.393. The number of pyridine rings is 1. The number of piperidine rings is 1. The molecule has 9 nitrogen and oxygen atoms in total. The molecule has 4 aromatic rings. The maximum Gasteiger partial charge on any atom is 0.227 e. The van der Waals surface area contributed by atoms with Gasteiger partial charge in [-0.05, 0) is 75.3 Å². The van der Waals surface area contributed by atoms with Gasteiger partial charge in [-0.3, -0.25) is 0 Å². The Bertz CT molecular complexity index is 1580. The van der Waals surface area contributed by atoms with Crippen molar-refractivity contribution in [2.45, 2.75) is 32.2 Å². The molecule has 0 spiro atoms. The lowest BCUT2D eigenvalue weighted by molar-refractivity contribution is 0.222. The van der Waals surface area contributed by atoms with Crippen LogP contribution < -0.4 is 15.5 Å². The van der Waals surface area contributed by atoms with Crippen LogP contribution >= 0.6 is 0 Å². The van der Waals surface area contributed by atoms with E-state index in [0.717, 1.165) is 97.4 Å². The molecule has 7 rings (SSSR count). The van der Waals surface area contributed by atoms with E-state index < -0.39 is 0 Å². The first-order chi connectivity index (χ1) is 19.5. The molecule has 3 aromatic heterocycles. The minimum Gasteiger partial charge on any atom is -0.354 e. The monoisotopic (exact) mass is 539 g/mol. The number of nitrogens with zero attached hydrogens (tertiary/aromatic N) is 7. The molecular weight excluding hydrogens is 505 g/mol. The average molecular weight is 540 g/mol. The molecule has 0 radical (unpaired) electrons. The van der Waals surface area contributed by atoms with Gasteiger partial charge in [0.05, 0.1) is 23.1 Å². The van der Waals surface area contributed by atoms with Crippen LogP contribution in [0.1, 0.15) is 41.5 Å². The maximum absolute atomic E-state index is 15.4. The Morgan fingerprint density at radius 2 is 1.82 bits per heavy atom. The van der Waals surface area contributed by atoms with Crippen molar-refractivity contribution in [2.75, 3.05) is 56.5 Å². The predicted octanol–water partition coefficient (Wildman–Crippen LogP) is 4.08. The van der Waals surface area contributed by atoms with Crippen LogP contribution in [0.25, 0.3) is 16.6 Å². The van der Waals surface area contributed by atoms with E-state index in [-0.39, 0.29) is 5.82 Å². The van der Waals surface area contributed by atoms with Gasteiger partial charge in [-0.25, -0.2) is 24.3 Å². The molecule has 0 bridgehead atoms. The number of allylic oxidation sites excluding steroid dienone is 1. The van der Waals surface area contributed by atoms with E-state index in [0.29, 0.717) is 23.9 Å². The highest BCUT2D eigenvalue weighted by molar-refractivity contribution is 5.89. The zero-order chi connectivity index (χ0) is 27.2. The second kappa shape index (κ2) is 10.3. The van der Waals surface area contributed by atoms with Crippen LogP contribution in [-0.2, 0) is 6.42 Å². The fraction of sp³-hybridized carbons (Fsp3) is 0.400. The van der Waals surface area contributed by atoms with Crippen LogP contribution in [0.2, 0.25) is 0 Å². The van der Waals surface area contributed by atoms with Gasteiger partial charge in [0, 0.05) is 50.4 Å². The second-order valence-electron chi connectivity index (χ2n) is 11.0. The van der Waals surface area contributed by atoms with Crippen LogP contribution in [0.15, 0.2) is 42.7 Å². The van der Waals surface area contributed by atoms with Crippen molar-refractivity contribution in [3.8, 4) is 0 Å². The van der Waals surface area contributed by atoms with Crippen molar-refractivity contribution >= 4 is 34.1 Å². The first-order valence-electron chi connectivity index (χ1n) is 14.2. The van der Waals surface area contributed by atoms with E-state index in [9.17, 15) is 0 Å². The van der Waals surface area contributed by atoms with Gasteiger partial charge in [0.25, 0.3) is 0 Å². The van der Waals surface area contributed by atoms with Crippen LogP contribution in [-0.4, -0.2) is 75.7 Å². The lowest BCUT2D eigenvalue weighted by atomic mass is 10.0. The summed E-state index contributed by atoms with van der Waals surface area (Å²) in [5.41, 5.74) is 5.85. The topological polar surface area (TPSA) is 87.0 Å². The molecular formula is C30H34FN9. The zero-order valence-electron chi connectivity index (χ0n) is 23.0. The Labute approximate surface area is 233 Å². The zero-order valence-corrected chi connectivity index (χ0v) is 23.0. The number of piperazine rings is 1. The van der Waals surface area contributed by atoms with Crippen LogP contribution in [0, 0.1) is 12.7 Å². The number of aromatic nitrogens is 5. The third-order valence-corrected chi connectivity index (χ3v) is 8.39. The summed E-state index contributed by atoms with van der Waals surface area (Å²) in [5.74, 6) is 2.10. The normalized spacial score (nSPS) is 18.3. The Kier molecular flexibility index (Phi) is 6.44. The van der Waals surface area contributed by atoms with E-state index in [1.807, 2.05) is 31.5 Å². The molecule has 2 saturated heterocycles. The third-order valence-electron chi connectivity index (χ3n) is 8.39. The molecule has 0 atom stereocenters. The standard InChI is InChI=1S/C30H34FN9/c1-19-35-29-25(31)15-20(16-27(29)40(19)22-7-11-38(2)12-8-22)23-4-5-26-24(23)18-34-30(37-26)36-21-3-6-28(33-17-21)39-13-9-32-10-14-39/h3-4,6,15-18,22,32H,5,7-14H2,1-2H3,(H,34,36,37). The molecule has 0 amide bonds. The molecule has 2 aliphatic heterocycles. The molecule has 3 aliphatic rings. The first-order valence-corrected chi connectivity index (χ1v) is 14.2. The summed E-state index contributed by atoms with van der Waals surface area (Å²) in [6, 6.07) is 8.07. The van der Waals surface area contributed by atoms with E-state index in [1.54, 1.807) is 6.07 Å². The smallest absolute Gasteiger partial charge is 0.227 e. The average Bonchev–Trinajstić information content (AvgIpc) is 3.55. The summed E-state index contributed by atoms with van der Waals surface area (Å²) in [6.07, 6.45) is 8.54. The van der Waals surface area contributed by atoms with Gasteiger partial charge in [-0.2, -0.15) is 0 Å². The molecule has 2 N–H and O–H groups in total. The number of hydrogen-bond donors (Lipinski definition) is 2.